The molecule has 0 aliphatic rings. The van der Waals surface area contributed by atoms with Crippen LogP contribution >= 0.6 is 0 Å². The summed E-state index contributed by atoms with van der Waals surface area (Å²) in [7, 11) is 1.54. The molecule has 0 fully saturated rings. The van der Waals surface area contributed by atoms with Gasteiger partial charge in [-0.15, -0.1) is 0 Å². The van der Waals surface area contributed by atoms with Crippen molar-refractivity contribution >= 4 is 23.1 Å². The summed E-state index contributed by atoms with van der Waals surface area (Å²) in [6, 6.07) is 18.8. The predicted octanol–water partition coefficient (Wildman–Crippen LogP) is 4.39. The van der Waals surface area contributed by atoms with Crippen molar-refractivity contribution in [2.75, 3.05) is 17.7 Å². The van der Waals surface area contributed by atoms with Crippen LogP contribution in [0, 0.1) is 6.92 Å². The highest BCUT2D eigenvalue weighted by Gasteiger charge is 2.12. The Hall–Kier alpha value is -3.34. The summed E-state index contributed by atoms with van der Waals surface area (Å²) in [6.07, 6.45) is 1.68. The molecule has 1 aromatic heterocycles. The van der Waals surface area contributed by atoms with Crippen molar-refractivity contribution in [3.8, 4) is 5.75 Å². The standard InChI is InChI=1S/C20H19N3O2/c1-14-6-5-7-15(12-14)22-16-10-11-19(21-13-16)23-20(24)17-8-3-4-9-18(17)25-2/h3-13,22H,1-2H3,(H,21,23,24). The van der Waals surface area contributed by atoms with E-state index < -0.39 is 0 Å². The molecule has 0 saturated carbocycles. The number of nitrogens with zero attached hydrogens (tertiary/aromatic N) is 1. The van der Waals surface area contributed by atoms with Crippen LogP contribution in [0.1, 0.15) is 15.9 Å². The van der Waals surface area contributed by atoms with Crippen molar-refractivity contribution in [1.82, 2.24) is 4.98 Å². The van der Waals surface area contributed by atoms with Crippen LogP contribution in [0.5, 0.6) is 5.75 Å². The van der Waals surface area contributed by atoms with Crippen molar-refractivity contribution in [1.29, 1.82) is 0 Å². The van der Waals surface area contributed by atoms with Crippen molar-refractivity contribution in [3.63, 3.8) is 0 Å². The van der Waals surface area contributed by atoms with Gasteiger partial charge in [0.15, 0.2) is 0 Å². The third kappa shape index (κ3) is 4.14. The normalized spacial score (nSPS) is 10.2. The fourth-order valence-corrected chi connectivity index (χ4v) is 2.45. The Kier molecular flexibility index (Phi) is 4.95. The lowest BCUT2D eigenvalue weighted by Gasteiger charge is -2.10. The fraction of sp³-hybridized carbons (Fsp3) is 0.100. The average molecular weight is 333 g/mol. The number of aromatic nitrogens is 1. The molecule has 1 amide bonds. The van der Waals surface area contributed by atoms with E-state index >= 15 is 0 Å². The average Bonchev–Trinajstić information content (AvgIpc) is 2.63. The molecule has 1 heterocycles. The first-order valence-corrected chi connectivity index (χ1v) is 7.90. The van der Waals surface area contributed by atoms with Crippen molar-refractivity contribution in [3.05, 3.63) is 78.0 Å². The Bertz CT molecular complexity index is 876. The van der Waals surface area contributed by atoms with E-state index in [2.05, 4.69) is 21.7 Å². The van der Waals surface area contributed by atoms with E-state index in [-0.39, 0.29) is 5.91 Å². The summed E-state index contributed by atoms with van der Waals surface area (Å²) < 4.78 is 5.21. The molecule has 0 spiro atoms. The summed E-state index contributed by atoms with van der Waals surface area (Å²) in [5.41, 5.74) is 3.49. The maximum Gasteiger partial charge on any atom is 0.260 e. The number of aryl methyl sites for hydroxylation is 1. The largest absolute Gasteiger partial charge is 0.496 e. The number of carbonyl (C=O) groups is 1. The van der Waals surface area contributed by atoms with E-state index in [9.17, 15) is 4.79 Å². The zero-order chi connectivity index (χ0) is 17.6. The molecular formula is C20H19N3O2. The smallest absolute Gasteiger partial charge is 0.260 e. The third-order valence-corrected chi connectivity index (χ3v) is 3.66. The molecule has 3 rings (SSSR count). The molecule has 3 aromatic rings. The number of nitrogens with one attached hydrogen (secondary N) is 2. The van der Waals surface area contributed by atoms with Crippen LogP contribution in [-0.2, 0) is 0 Å². The number of ether oxygens (including phenoxy) is 1. The first kappa shape index (κ1) is 16.5. The lowest BCUT2D eigenvalue weighted by molar-refractivity contribution is 0.102. The molecule has 5 heteroatoms. The number of hydrogen-bond donors (Lipinski definition) is 2. The predicted molar refractivity (Wildman–Crippen MR) is 99.6 cm³/mol. The maximum absolute atomic E-state index is 12.4. The van der Waals surface area contributed by atoms with Crippen LogP contribution in [0.15, 0.2) is 66.9 Å². The van der Waals surface area contributed by atoms with Crippen LogP contribution in [0.25, 0.3) is 0 Å². The van der Waals surface area contributed by atoms with Gasteiger partial charge in [-0.1, -0.05) is 24.3 Å². The molecular weight excluding hydrogens is 314 g/mol. The van der Waals surface area contributed by atoms with Crippen LogP contribution < -0.4 is 15.4 Å². The number of hydrogen-bond acceptors (Lipinski definition) is 4. The van der Waals surface area contributed by atoms with Gasteiger partial charge in [-0.2, -0.15) is 0 Å². The minimum Gasteiger partial charge on any atom is -0.496 e. The molecule has 0 aliphatic heterocycles. The Balaban J connectivity index is 1.69. The zero-order valence-electron chi connectivity index (χ0n) is 14.1. The highest BCUT2D eigenvalue weighted by atomic mass is 16.5. The monoisotopic (exact) mass is 333 g/mol. The van der Waals surface area contributed by atoms with Crippen LogP contribution in [0.2, 0.25) is 0 Å². The molecule has 0 atom stereocenters. The van der Waals surface area contributed by atoms with Gasteiger partial charge in [0.25, 0.3) is 5.91 Å². The summed E-state index contributed by atoms with van der Waals surface area (Å²) >= 11 is 0. The minimum atomic E-state index is -0.260. The number of amides is 1. The molecule has 0 saturated heterocycles. The quantitative estimate of drug-likeness (QED) is 0.727. The van der Waals surface area contributed by atoms with Gasteiger partial charge in [-0.3, -0.25) is 4.79 Å². The van der Waals surface area contributed by atoms with Gasteiger partial charge < -0.3 is 15.4 Å². The summed E-state index contributed by atoms with van der Waals surface area (Å²) in [5.74, 6) is 0.743. The second-order valence-electron chi connectivity index (χ2n) is 5.58. The Morgan fingerprint density at radius 2 is 1.84 bits per heavy atom. The zero-order valence-corrected chi connectivity index (χ0v) is 14.1. The molecule has 25 heavy (non-hydrogen) atoms. The Labute approximate surface area is 146 Å². The minimum absolute atomic E-state index is 0.260. The van der Waals surface area contributed by atoms with E-state index in [4.69, 9.17) is 4.74 Å². The lowest BCUT2D eigenvalue weighted by atomic mass is 10.2. The number of anilines is 3. The number of pyridine rings is 1. The summed E-state index contributed by atoms with van der Waals surface area (Å²) in [5, 5.41) is 6.06. The lowest BCUT2D eigenvalue weighted by Crippen LogP contribution is -2.14. The first-order valence-electron chi connectivity index (χ1n) is 7.90. The second-order valence-corrected chi connectivity index (χ2v) is 5.58. The molecule has 0 aliphatic carbocycles. The summed E-state index contributed by atoms with van der Waals surface area (Å²) in [4.78, 5) is 16.6. The third-order valence-electron chi connectivity index (χ3n) is 3.66. The summed E-state index contributed by atoms with van der Waals surface area (Å²) in [6.45, 7) is 2.04. The first-order chi connectivity index (χ1) is 12.2. The van der Waals surface area contributed by atoms with E-state index in [1.54, 1.807) is 30.5 Å². The second kappa shape index (κ2) is 7.49. The molecule has 0 bridgehead atoms. The molecule has 2 aromatic carbocycles. The van der Waals surface area contributed by atoms with Gasteiger partial charge in [0, 0.05) is 5.69 Å². The topological polar surface area (TPSA) is 63.2 Å². The van der Waals surface area contributed by atoms with E-state index in [1.165, 1.54) is 12.7 Å². The van der Waals surface area contributed by atoms with Crippen LogP contribution in [0.3, 0.4) is 0 Å². The van der Waals surface area contributed by atoms with Gasteiger partial charge in [-0.05, 0) is 48.9 Å². The highest BCUT2D eigenvalue weighted by molar-refractivity contribution is 6.05. The maximum atomic E-state index is 12.4. The molecule has 5 nitrogen and oxygen atoms in total. The number of methoxy groups -OCH3 is 1. The Morgan fingerprint density at radius 3 is 2.56 bits per heavy atom. The van der Waals surface area contributed by atoms with Gasteiger partial charge in [0.2, 0.25) is 0 Å². The van der Waals surface area contributed by atoms with Gasteiger partial charge >= 0.3 is 0 Å². The molecule has 0 unspecified atom stereocenters. The number of carbonyl (C=O) groups excluding carboxylic acids is 1. The van der Waals surface area contributed by atoms with Gasteiger partial charge in [0.1, 0.15) is 11.6 Å². The van der Waals surface area contributed by atoms with Crippen LogP contribution in [-0.4, -0.2) is 18.0 Å². The number of rotatable bonds is 5. The molecule has 2 N–H and O–H groups in total. The van der Waals surface area contributed by atoms with E-state index in [0.29, 0.717) is 17.1 Å². The van der Waals surface area contributed by atoms with E-state index in [0.717, 1.165) is 11.4 Å². The fourth-order valence-electron chi connectivity index (χ4n) is 2.45. The molecule has 0 radical (unpaired) electrons. The highest BCUT2D eigenvalue weighted by Crippen LogP contribution is 2.20. The van der Waals surface area contributed by atoms with Crippen LogP contribution in [0.4, 0.5) is 17.2 Å². The van der Waals surface area contributed by atoms with Crippen molar-refractivity contribution in [2.45, 2.75) is 6.92 Å². The van der Waals surface area contributed by atoms with Crippen molar-refractivity contribution in [2.24, 2.45) is 0 Å². The van der Waals surface area contributed by atoms with Gasteiger partial charge in [0.05, 0.1) is 24.6 Å². The Morgan fingerprint density at radius 1 is 1.00 bits per heavy atom. The van der Waals surface area contributed by atoms with Crippen molar-refractivity contribution < 1.29 is 9.53 Å². The molecule has 126 valence electrons. The SMILES string of the molecule is COc1ccccc1C(=O)Nc1ccc(Nc2cccc(C)c2)cn1. The van der Waals surface area contributed by atoms with E-state index in [1.807, 2.05) is 37.3 Å². The number of para-hydroxylation sites is 1. The van der Waals surface area contributed by atoms with Gasteiger partial charge in [-0.25, -0.2) is 4.98 Å². The number of benzene rings is 2.